The Labute approximate surface area is 104 Å². The van der Waals surface area contributed by atoms with Gasteiger partial charge in [0.1, 0.15) is 5.82 Å². The van der Waals surface area contributed by atoms with E-state index in [0.717, 1.165) is 31.4 Å². The van der Waals surface area contributed by atoms with Gasteiger partial charge in [-0.1, -0.05) is 20.3 Å². The minimum Gasteiger partial charge on any atom is -0.314 e. The number of aryl methyl sites for hydroxylation is 1. The first kappa shape index (κ1) is 14.1. The van der Waals surface area contributed by atoms with Crippen LogP contribution >= 0.6 is 0 Å². The van der Waals surface area contributed by atoms with Gasteiger partial charge in [0.15, 0.2) is 0 Å². The zero-order chi connectivity index (χ0) is 12.5. The lowest BCUT2D eigenvalue weighted by Gasteiger charge is -2.17. The topological polar surface area (TPSA) is 24.9 Å². The highest BCUT2D eigenvalue weighted by Crippen LogP contribution is 2.09. The van der Waals surface area contributed by atoms with E-state index in [-0.39, 0.29) is 5.82 Å². The Bertz CT molecular complexity index is 315. The third-order valence-electron chi connectivity index (χ3n) is 2.86. The summed E-state index contributed by atoms with van der Waals surface area (Å²) in [5, 5.41) is 3.54. The summed E-state index contributed by atoms with van der Waals surface area (Å²) >= 11 is 0. The van der Waals surface area contributed by atoms with Gasteiger partial charge >= 0.3 is 0 Å². The number of nitrogens with one attached hydrogen (secondary N) is 1. The summed E-state index contributed by atoms with van der Waals surface area (Å²) in [6, 6.07) is 2.12. The molecule has 1 N–H and O–H groups in total. The van der Waals surface area contributed by atoms with Crippen LogP contribution in [0.15, 0.2) is 18.5 Å². The van der Waals surface area contributed by atoms with Gasteiger partial charge in [0, 0.05) is 12.2 Å². The van der Waals surface area contributed by atoms with Crippen molar-refractivity contribution in [2.45, 2.75) is 52.0 Å². The second kappa shape index (κ2) is 8.18. The van der Waals surface area contributed by atoms with Gasteiger partial charge in [-0.3, -0.25) is 4.98 Å². The van der Waals surface area contributed by atoms with Crippen molar-refractivity contribution in [3.8, 4) is 0 Å². The van der Waals surface area contributed by atoms with Crippen LogP contribution in [0.2, 0.25) is 0 Å². The van der Waals surface area contributed by atoms with Crippen LogP contribution < -0.4 is 5.32 Å². The minimum atomic E-state index is -0.240. The molecule has 0 aliphatic carbocycles. The number of halogens is 1. The van der Waals surface area contributed by atoms with E-state index in [1.54, 1.807) is 12.3 Å². The molecule has 0 saturated carbocycles. The van der Waals surface area contributed by atoms with Crippen LogP contribution in [0.4, 0.5) is 4.39 Å². The smallest absolute Gasteiger partial charge is 0.141 e. The Morgan fingerprint density at radius 3 is 2.71 bits per heavy atom. The highest BCUT2D eigenvalue weighted by Gasteiger charge is 2.07. The van der Waals surface area contributed by atoms with Crippen molar-refractivity contribution in [1.82, 2.24) is 10.3 Å². The van der Waals surface area contributed by atoms with Gasteiger partial charge in [0.05, 0.1) is 6.20 Å². The molecule has 0 aliphatic rings. The monoisotopic (exact) mass is 238 g/mol. The van der Waals surface area contributed by atoms with Gasteiger partial charge in [-0.15, -0.1) is 0 Å². The molecule has 0 fully saturated rings. The van der Waals surface area contributed by atoms with Crippen LogP contribution in [0.5, 0.6) is 0 Å². The van der Waals surface area contributed by atoms with Crippen molar-refractivity contribution < 1.29 is 4.39 Å². The van der Waals surface area contributed by atoms with E-state index >= 15 is 0 Å². The van der Waals surface area contributed by atoms with E-state index in [2.05, 4.69) is 24.1 Å². The van der Waals surface area contributed by atoms with Crippen molar-refractivity contribution >= 4 is 0 Å². The molecule has 0 radical (unpaired) electrons. The number of hydrogen-bond donors (Lipinski definition) is 1. The van der Waals surface area contributed by atoms with Gasteiger partial charge in [-0.25, -0.2) is 4.39 Å². The molecule has 1 unspecified atom stereocenters. The van der Waals surface area contributed by atoms with Crippen molar-refractivity contribution in [2.75, 3.05) is 6.54 Å². The predicted molar refractivity (Wildman–Crippen MR) is 69.5 cm³/mol. The molecule has 1 rings (SSSR count). The third kappa shape index (κ3) is 5.78. The maximum Gasteiger partial charge on any atom is 0.141 e. The zero-order valence-electron chi connectivity index (χ0n) is 10.9. The standard InChI is InChI=1S/C14H23FN2/c1-3-5-14(17-8-4-2)7-6-12-9-13(15)11-16-10-12/h9-11,14,17H,3-8H2,1-2H3. The Kier molecular flexibility index (Phi) is 6.78. The van der Waals surface area contributed by atoms with Crippen molar-refractivity contribution in [1.29, 1.82) is 0 Å². The van der Waals surface area contributed by atoms with Crippen LogP contribution in [0.25, 0.3) is 0 Å². The molecule has 1 aromatic rings. The average Bonchev–Trinajstić information content (AvgIpc) is 2.33. The van der Waals surface area contributed by atoms with E-state index < -0.39 is 0 Å². The van der Waals surface area contributed by atoms with Crippen molar-refractivity contribution in [3.05, 3.63) is 29.8 Å². The fraction of sp³-hybridized carbons (Fsp3) is 0.643. The molecule has 0 amide bonds. The molecule has 0 saturated heterocycles. The zero-order valence-corrected chi connectivity index (χ0v) is 10.9. The van der Waals surface area contributed by atoms with Gasteiger partial charge in [-0.05, 0) is 43.9 Å². The molecule has 1 aromatic heterocycles. The Balaban J connectivity index is 2.39. The van der Waals surface area contributed by atoms with E-state index in [1.165, 1.54) is 19.0 Å². The highest BCUT2D eigenvalue weighted by molar-refractivity contribution is 5.10. The van der Waals surface area contributed by atoms with Gasteiger partial charge < -0.3 is 5.32 Å². The summed E-state index contributed by atoms with van der Waals surface area (Å²) in [5.74, 6) is -0.240. The summed E-state index contributed by atoms with van der Waals surface area (Å²) < 4.78 is 13.0. The number of pyridine rings is 1. The van der Waals surface area contributed by atoms with Crippen LogP contribution in [0, 0.1) is 5.82 Å². The second-order valence-corrected chi connectivity index (χ2v) is 4.49. The summed E-state index contributed by atoms with van der Waals surface area (Å²) in [7, 11) is 0. The Morgan fingerprint density at radius 2 is 2.06 bits per heavy atom. The normalized spacial score (nSPS) is 12.6. The lowest BCUT2D eigenvalue weighted by molar-refractivity contribution is 0.448. The van der Waals surface area contributed by atoms with Gasteiger partial charge in [0.25, 0.3) is 0 Å². The van der Waals surface area contributed by atoms with Crippen LogP contribution in [-0.2, 0) is 6.42 Å². The lowest BCUT2D eigenvalue weighted by atomic mass is 10.0. The van der Waals surface area contributed by atoms with Crippen LogP contribution in [-0.4, -0.2) is 17.6 Å². The molecule has 0 aromatic carbocycles. The molecule has 2 nitrogen and oxygen atoms in total. The first-order valence-corrected chi connectivity index (χ1v) is 6.59. The SMILES string of the molecule is CCCNC(CCC)CCc1cncc(F)c1. The third-order valence-corrected chi connectivity index (χ3v) is 2.86. The molecule has 17 heavy (non-hydrogen) atoms. The highest BCUT2D eigenvalue weighted by atomic mass is 19.1. The van der Waals surface area contributed by atoms with Gasteiger partial charge in [-0.2, -0.15) is 0 Å². The number of hydrogen-bond acceptors (Lipinski definition) is 2. The predicted octanol–water partition coefficient (Wildman–Crippen LogP) is 3.32. The Hall–Kier alpha value is -0.960. The maximum atomic E-state index is 13.0. The fourth-order valence-corrected chi connectivity index (χ4v) is 1.98. The molecule has 1 atom stereocenters. The van der Waals surface area contributed by atoms with Crippen LogP contribution in [0.3, 0.4) is 0 Å². The van der Waals surface area contributed by atoms with E-state index in [0.29, 0.717) is 6.04 Å². The number of rotatable bonds is 8. The summed E-state index contributed by atoms with van der Waals surface area (Å²) in [6.07, 6.45) is 8.48. The average molecular weight is 238 g/mol. The molecule has 0 bridgehead atoms. The molecule has 0 aliphatic heterocycles. The van der Waals surface area contributed by atoms with Crippen LogP contribution in [0.1, 0.15) is 45.1 Å². The lowest BCUT2D eigenvalue weighted by Crippen LogP contribution is -2.30. The molecular formula is C14H23FN2. The summed E-state index contributed by atoms with van der Waals surface area (Å²) in [5.41, 5.74) is 0.990. The van der Waals surface area contributed by atoms with E-state index in [9.17, 15) is 4.39 Å². The van der Waals surface area contributed by atoms with Crippen molar-refractivity contribution in [3.63, 3.8) is 0 Å². The largest absolute Gasteiger partial charge is 0.314 e. The summed E-state index contributed by atoms with van der Waals surface area (Å²) in [4.78, 5) is 3.87. The van der Waals surface area contributed by atoms with E-state index in [1.807, 2.05) is 0 Å². The van der Waals surface area contributed by atoms with E-state index in [4.69, 9.17) is 0 Å². The maximum absolute atomic E-state index is 13.0. The first-order valence-electron chi connectivity index (χ1n) is 6.59. The molecular weight excluding hydrogens is 215 g/mol. The Morgan fingerprint density at radius 1 is 1.24 bits per heavy atom. The summed E-state index contributed by atoms with van der Waals surface area (Å²) in [6.45, 7) is 5.43. The van der Waals surface area contributed by atoms with Crippen molar-refractivity contribution in [2.24, 2.45) is 0 Å². The minimum absolute atomic E-state index is 0.240. The second-order valence-electron chi connectivity index (χ2n) is 4.49. The molecule has 1 heterocycles. The molecule has 0 spiro atoms. The first-order chi connectivity index (χ1) is 8.26. The fourth-order valence-electron chi connectivity index (χ4n) is 1.98. The number of aromatic nitrogens is 1. The number of nitrogens with zero attached hydrogens (tertiary/aromatic N) is 1. The van der Waals surface area contributed by atoms with Gasteiger partial charge in [0.2, 0.25) is 0 Å². The molecule has 3 heteroatoms. The molecule has 96 valence electrons. The quantitative estimate of drug-likeness (QED) is 0.751.